The number of aliphatic carboxylic acids is 1. The lowest BCUT2D eigenvalue weighted by molar-refractivity contribution is -0.138. The van der Waals surface area contributed by atoms with Gasteiger partial charge >= 0.3 is 5.97 Å². The fourth-order valence-electron chi connectivity index (χ4n) is 1.87. The Labute approximate surface area is 107 Å². The molecular formula is C12H21N3O3. The van der Waals surface area contributed by atoms with Gasteiger partial charge in [0.25, 0.3) is 0 Å². The number of carboxylic acid groups (broad SMARTS) is 1. The van der Waals surface area contributed by atoms with Gasteiger partial charge in [0.15, 0.2) is 0 Å². The van der Waals surface area contributed by atoms with E-state index in [2.05, 4.69) is 10.5 Å². The molecular weight excluding hydrogens is 234 g/mol. The second-order valence-electron chi connectivity index (χ2n) is 4.47. The van der Waals surface area contributed by atoms with Gasteiger partial charge in [0.1, 0.15) is 11.9 Å². The number of carboxylic acids is 1. The molecule has 0 saturated heterocycles. The second kappa shape index (κ2) is 7.84. The summed E-state index contributed by atoms with van der Waals surface area (Å²) in [6.45, 7) is 0. The van der Waals surface area contributed by atoms with Crippen LogP contribution in [0.15, 0.2) is 17.1 Å². The highest BCUT2D eigenvalue weighted by Crippen LogP contribution is 2.16. The van der Waals surface area contributed by atoms with Gasteiger partial charge in [-0.25, -0.2) is 0 Å². The van der Waals surface area contributed by atoms with E-state index < -0.39 is 12.0 Å². The SMILES string of the molecule is NC(C/C=C/CC1CCCCC(NO)=N1)C(=O)O. The van der Waals surface area contributed by atoms with Gasteiger partial charge in [0, 0.05) is 6.42 Å². The summed E-state index contributed by atoms with van der Waals surface area (Å²) >= 11 is 0. The lowest BCUT2D eigenvalue weighted by Crippen LogP contribution is -2.29. The zero-order valence-corrected chi connectivity index (χ0v) is 10.4. The van der Waals surface area contributed by atoms with Gasteiger partial charge < -0.3 is 10.8 Å². The molecule has 5 N–H and O–H groups in total. The van der Waals surface area contributed by atoms with Crippen LogP contribution in [0.1, 0.15) is 38.5 Å². The number of hydrogen-bond donors (Lipinski definition) is 4. The number of rotatable bonds is 5. The predicted octanol–water partition coefficient (Wildman–Crippen LogP) is 1.05. The van der Waals surface area contributed by atoms with Crippen molar-refractivity contribution in [3.63, 3.8) is 0 Å². The van der Waals surface area contributed by atoms with Crippen molar-refractivity contribution >= 4 is 11.8 Å². The standard InChI is InChI=1S/C12H21N3O3/c13-10(12(16)17)7-3-1-5-9-6-2-4-8-11(14-9)15-18/h1,3,9-10,18H,2,4-8,13H2,(H,14,15)(H,16,17)/b3-1+. The summed E-state index contributed by atoms with van der Waals surface area (Å²) in [7, 11) is 0. The first-order valence-corrected chi connectivity index (χ1v) is 6.23. The van der Waals surface area contributed by atoms with Crippen molar-refractivity contribution in [2.75, 3.05) is 0 Å². The molecule has 0 aliphatic carbocycles. The highest BCUT2D eigenvalue weighted by Gasteiger charge is 2.12. The third-order valence-electron chi connectivity index (χ3n) is 2.95. The molecule has 0 aromatic carbocycles. The molecule has 0 radical (unpaired) electrons. The second-order valence-corrected chi connectivity index (χ2v) is 4.47. The first-order valence-electron chi connectivity index (χ1n) is 6.23. The fraction of sp³-hybridized carbons (Fsp3) is 0.667. The Balaban J connectivity index is 2.37. The van der Waals surface area contributed by atoms with Crippen LogP contribution in [0.3, 0.4) is 0 Å². The van der Waals surface area contributed by atoms with Gasteiger partial charge in [-0.2, -0.15) is 0 Å². The minimum absolute atomic E-state index is 0.152. The number of hydroxylamine groups is 1. The Hall–Kier alpha value is -1.40. The molecule has 0 bridgehead atoms. The maximum absolute atomic E-state index is 10.5. The van der Waals surface area contributed by atoms with Crippen LogP contribution in [-0.2, 0) is 4.79 Å². The van der Waals surface area contributed by atoms with E-state index in [-0.39, 0.29) is 6.04 Å². The molecule has 0 saturated carbocycles. The number of amidine groups is 1. The summed E-state index contributed by atoms with van der Waals surface area (Å²) in [5.41, 5.74) is 7.51. The van der Waals surface area contributed by atoms with E-state index in [1.54, 1.807) is 6.08 Å². The normalized spacial score (nSPS) is 22.3. The van der Waals surface area contributed by atoms with Crippen LogP contribution in [0, 0.1) is 0 Å². The van der Waals surface area contributed by atoms with Crippen molar-refractivity contribution in [3.05, 3.63) is 12.2 Å². The fourth-order valence-corrected chi connectivity index (χ4v) is 1.87. The molecule has 1 heterocycles. The number of carbonyl (C=O) groups is 1. The molecule has 102 valence electrons. The summed E-state index contributed by atoms with van der Waals surface area (Å²) in [6.07, 6.45) is 8.65. The third kappa shape index (κ3) is 5.29. The van der Waals surface area contributed by atoms with Crippen LogP contribution < -0.4 is 11.2 Å². The molecule has 2 atom stereocenters. The quantitative estimate of drug-likeness (QED) is 0.434. The largest absolute Gasteiger partial charge is 0.480 e. The minimum Gasteiger partial charge on any atom is -0.480 e. The Kier molecular flexibility index (Phi) is 6.38. The number of nitrogens with one attached hydrogen (secondary N) is 1. The summed E-state index contributed by atoms with van der Waals surface area (Å²) < 4.78 is 0. The summed E-state index contributed by atoms with van der Waals surface area (Å²) in [5.74, 6) is -0.355. The van der Waals surface area contributed by atoms with Crippen LogP contribution in [-0.4, -0.2) is 34.2 Å². The molecule has 0 aromatic rings. The lowest BCUT2D eigenvalue weighted by Gasteiger charge is -2.08. The number of aliphatic imine (C=N–C) groups is 1. The first kappa shape index (κ1) is 14.7. The number of nitrogens with zero attached hydrogens (tertiary/aromatic N) is 1. The highest BCUT2D eigenvalue weighted by atomic mass is 16.5. The van der Waals surface area contributed by atoms with Gasteiger partial charge in [0.2, 0.25) is 0 Å². The van der Waals surface area contributed by atoms with Crippen LogP contribution >= 0.6 is 0 Å². The molecule has 6 nitrogen and oxygen atoms in total. The zero-order valence-electron chi connectivity index (χ0n) is 10.4. The summed E-state index contributed by atoms with van der Waals surface area (Å²) in [5, 5.41) is 17.5. The first-order chi connectivity index (χ1) is 8.63. The predicted molar refractivity (Wildman–Crippen MR) is 68.6 cm³/mol. The van der Waals surface area contributed by atoms with Crippen molar-refractivity contribution in [1.82, 2.24) is 5.48 Å². The van der Waals surface area contributed by atoms with Crippen LogP contribution in [0.5, 0.6) is 0 Å². The van der Waals surface area contributed by atoms with Gasteiger partial charge in [-0.1, -0.05) is 18.6 Å². The van der Waals surface area contributed by atoms with Crippen molar-refractivity contribution < 1.29 is 15.1 Å². The molecule has 1 aliphatic rings. The Morgan fingerprint density at radius 3 is 3.00 bits per heavy atom. The average molecular weight is 255 g/mol. The average Bonchev–Trinajstić information content (AvgIpc) is 2.59. The van der Waals surface area contributed by atoms with Crippen LogP contribution in [0.25, 0.3) is 0 Å². The van der Waals surface area contributed by atoms with E-state index in [4.69, 9.17) is 16.0 Å². The van der Waals surface area contributed by atoms with Crippen molar-refractivity contribution in [1.29, 1.82) is 0 Å². The molecule has 6 heteroatoms. The van der Waals surface area contributed by atoms with Gasteiger partial charge in [-0.15, -0.1) is 0 Å². The molecule has 0 aromatic heterocycles. The Bertz CT molecular complexity index is 329. The van der Waals surface area contributed by atoms with E-state index >= 15 is 0 Å². The zero-order chi connectivity index (χ0) is 13.4. The topological polar surface area (TPSA) is 108 Å². The third-order valence-corrected chi connectivity index (χ3v) is 2.95. The molecule has 0 amide bonds. The van der Waals surface area contributed by atoms with Gasteiger partial charge in [-0.3, -0.25) is 20.5 Å². The summed E-state index contributed by atoms with van der Waals surface area (Å²) in [6, 6.07) is -0.687. The number of hydrogen-bond acceptors (Lipinski definition) is 5. The van der Waals surface area contributed by atoms with Gasteiger partial charge in [0.05, 0.1) is 6.04 Å². The van der Waals surface area contributed by atoms with Crippen molar-refractivity contribution in [2.24, 2.45) is 10.7 Å². The molecule has 18 heavy (non-hydrogen) atoms. The number of nitrogens with two attached hydrogens (primary N) is 1. The van der Waals surface area contributed by atoms with E-state index in [0.717, 1.165) is 32.1 Å². The maximum atomic E-state index is 10.5. The van der Waals surface area contributed by atoms with E-state index in [0.29, 0.717) is 12.3 Å². The monoisotopic (exact) mass is 255 g/mol. The van der Waals surface area contributed by atoms with Gasteiger partial charge in [-0.05, 0) is 25.7 Å². The van der Waals surface area contributed by atoms with Crippen molar-refractivity contribution in [2.45, 2.75) is 50.6 Å². The molecule has 0 spiro atoms. The minimum atomic E-state index is -0.987. The van der Waals surface area contributed by atoms with E-state index in [1.807, 2.05) is 6.08 Å². The Morgan fingerprint density at radius 2 is 2.33 bits per heavy atom. The highest BCUT2D eigenvalue weighted by molar-refractivity contribution is 5.81. The van der Waals surface area contributed by atoms with Crippen LogP contribution in [0.2, 0.25) is 0 Å². The summed E-state index contributed by atoms with van der Waals surface area (Å²) in [4.78, 5) is 14.9. The lowest BCUT2D eigenvalue weighted by atomic mass is 10.1. The molecule has 0 fully saturated rings. The van der Waals surface area contributed by atoms with E-state index in [1.165, 1.54) is 0 Å². The molecule has 1 rings (SSSR count). The molecule has 2 unspecified atom stereocenters. The maximum Gasteiger partial charge on any atom is 0.320 e. The van der Waals surface area contributed by atoms with E-state index in [9.17, 15) is 4.79 Å². The van der Waals surface area contributed by atoms with Crippen LogP contribution in [0.4, 0.5) is 0 Å². The molecule has 1 aliphatic heterocycles. The smallest absolute Gasteiger partial charge is 0.320 e. The van der Waals surface area contributed by atoms with Crippen molar-refractivity contribution in [3.8, 4) is 0 Å². The Morgan fingerprint density at radius 1 is 1.56 bits per heavy atom.